The molecule has 1 aromatic carbocycles. The molecule has 0 bridgehead atoms. The second-order valence-electron chi connectivity index (χ2n) is 8.57. The van der Waals surface area contributed by atoms with Crippen LogP contribution in [0.25, 0.3) is 5.57 Å². The predicted octanol–water partition coefficient (Wildman–Crippen LogP) is 8.04. The van der Waals surface area contributed by atoms with Gasteiger partial charge in [-0.25, -0.2) is 8.78 Å². The minimum Gasteiger partial charge on any atom is -0.211 e. The summed E-state index contributed by atoms with van der Waals surface area (Å²) in [6, 6.07) is 4.26. The number of hydrogen-bond acceptors (Lipinski definition) is 0. The van der Waals surface area contributed by atoms with Crippen LogP contribution in [0.2, 0.25) is 0 Å². The number of alkyl halides is 2. The number of hydrogen-bond donors (Lipinski definition) is 0. The van der Waals surface area contributed by atoms with Gasteiger partial charge in [-0.1, -0.05) is 38.2 Å². The Bertz CT molecular complexity index is 814. The molecule has 0 aliphatic heterocycles. The zero-order valence-corrected chi connectivity index (χ0v) is 18.4. The van der Waals surface area contributed by atoms with Crippen molar-refractivity contribution in [3.63, 3.8) is 0 Å². The summed E-state index contributed by atoms with van der Waals surface area (Å²) in [5.74, 6) is 6.52. The van der Waals surface area contributed by atoms with Crippen LogP contribution in [0.1, 0.15) is 74.6 Å². The van der Waals surface area contributed by atoms with Crippen LogP contribution in [0.4, 0.5) is 8.78 Å². The van der Waals surface area contributed by atoms with Crippen LogP contribution in [-0.2, 0) is 0 Å². The van der Waals surface area contributed by atoms with Crippen molar-refractivity contribution in [2.45, 2.75) is 72.6 Å². The van der Waals surface area contributed by atoms with E-state index in [4.69, 9.17) is 0 Å². The summed E-state index contributed by atoms with van der Waals surface area (Å²) in [4.78, 5) is 0. The van der Waals surface area contributed by atoms with Gasteiger partial charge in [0, 0.05) is 12.0 Å². The maximum absolute atomic E-state index is 12.6. The van der Waals surface area contributed by atoms with E-state index in [0.29, 0.717) is 12.3 Å². The fourth-order valence-corrected chi connectivity index (χ4v) is 4.87. The smallest absolute Gasteiger partial charge is 0.211 e. The van der Waals surface area contributed by atoms with E-state index in [-0.39, 0.29) is 11.8 Å². The van der Waals surface area contributed by atoms with Gasteiger partial charge in [0.05, 0.1) is 0 Å². The van der Waals surface area contributed by atoms with Crippen molar-refractivity contribution in [3.05, 3.63) is 65.3 Å². The maximum Gasteiger partial charge on any atom is 0.238 e. The van der Waals surface area contributed by atoms with Gasteiger partial charge in [0.15, 0.2) is 0 Å². The molecule has 0 saturated heterocycles. The third kappa shape index (κ3) is 5.47. The fraction of sp³-hybridized carbons (Fsp3) is 0.481. The summed E-state index contributed by atoms with van der Waals surface area (Å²) < 4.78 is 25.2. The van der Waals surface area contributed by atoms with Crippen LogP contribution < -0.4 is 0 Å². The van der Waals surface area contributed by atoms with Crippen LogP contribution in [-0.4, -0.2) is 6.43 Å². The summed E-state index contributed by atoms with van der Waals surface area (Å²) in [5.41, 5.74) is 6.96. The van der Waals surface area contributed by atoms with E-state index in [1.165, 1.54) is 22.3 Å². The SMILES string of the molecule is C=C/C(=C(/C=C)C1(C)CCC(CCC(F)F)CC1)c1c(C)cc(C#CC)cc1C. The molecule has 0 N–H and O–H groups in total. The van der Waals surface area contributed by atoms with Gasteiger partial charge >= 0.3 is 0 Å². The second-order valence-corrected chi connectivity index (χ2v) is 8.57. The minimum absolute atomic E-state index is 0.00657. The van der Waals surface area contributed by atoms with Crippen molar-refractivity contribution in [1.29, 1.82) is 0 Å². The van der Waals surface area contributed by atoms with E-state index in [0.717, 1.165) is 36.8 Å². The van der Waals surface area contributed by atoms with E-state index >= 15 is 0 Å². The van der Waals surface area contributed by atoms with Gasteiger partial charge in [-0.15, -0.1) is 5.92 Å². The van der Waals surface area contributed by atoms with Crippen LogP contribution >= 0.6 is 0 Å². The fourth-order valence-electron chi connectivity index (χ4n) is 4.87. The van der Waals surface area contributed by atoms with Gasteiger partial charge in [0.1, 0.15) is 0 Å². The summed E-state index contributed by atoms with van der Waals surface area (Å²) in [7, 11) is 0. The third-order valence-corrected chi connectivity index (χ3v) is 6.42. The molecule has 0 radical (unpaired) electrons. The Morgan fingerprint density at radius 3 is 2.21 bits per heavy atom. The summed E-state index contributed by atoms with van der Waals surface area (Å²) >= 11 is 0. The molecule has 1 saturated carbocycles. The number of halogens is 2. The molecule has 0 unspecified atom stereocenters. The Morgan fingerprint density at radius 2 is 1.76 bits per heavy atom. The Morgan fingerprint density at radius 1 is 1.17 bits per heavy atom. The van der Waals surface area contributed by atoms with E-state index in [1.807, 2.05) is 19.1 Å². The van der Waals surface area contributed by atoms with Crippen molar-refractivity contribution < 1.29 is 8.78 Å². The van der Waals surface area contributed by atoms with Crippen LogP contribution in [0, 0.1) is 37.0 Å². The van der Waals surface area contributed by atoms with E-state index in [1.54, 1.807) is 0 Å². The molecule has 29 heavy (non-hydrogen) atoms. The lowest BCUT2D eigenvalue weighted by atomic mass is 9.65. The molecule has 0 atom stereocenters. The molecular weight excluding hydrogens is 362 g/mol. The number of aryl methyl sites for hydroxylation is 2. The Labute approximate surface area is 175 Å². The highest BCUT2D eigenvalue weighted by molar-refractivity contribution is 5.82. The Hall–Kier alpha value is -2.14. The van der Waals surface area contributed by atoms with Gasteiger partial charge in [0.25, 0.3) is 0 Å². The third-order valence-electron chi connectivity index (χ3n) is 6.42. The molecule has 1 fully saturated rings. The quantitative estimate of drug-likeness (QED) is 0.323. The summed E-state index contributed by atoms with van der Waals surface area (Å²) in [5, 5.41) is 0. The molecule has 1 aliphatic carbocycles. The van der Waals surface area contributed by atoms with Crippen molar-refractivity contribution in [2.24, 2.45) is 11.3 Å². The number of rotatable bonds is 7. The molecule has 2 rings (SSSR count). The van der Waals surface area contributed by atoms with Gasteiger partial charge < -0.3 is 0 Å². The maximum atomic E-state index is 12.6. The van der Waals surface area contributed by atoms with Crippen LogP contribution in [0.5, 0.6) is 0 Å². The van der Waals surface area contributed by atoms with Gasteiger partial charge in [-0.2, -0.15) is 0 Å². The lowest BCUT2D eigenvalue weighted by Gasteiger charge is -2.40. The molecule has 0 spiro atoms. The summed E-state index contributed by atoms with van der Waals surface area (Å²) in [6.07, 6.45) is 6.38. The highest BCUT2D eigenvalue weighted by Gasteiger charge is 2.35. The van der Waals surface area contributed by atoms with Crippen molar-refractivity contribution >= 4 is 5.57 Å². The first-order valence-electron chi connectivity index (χ1n) is 10.6. The van der Waals surface area contributed by atoms with Gasteiger partial charge in [-0.05, 0) is 104 Å². The molecule has 0 heterocycles. The second kappa shape index (κ2) is 10.1. The number of benzene rings is 1. The lowest BCUT2D eigenvalue weighted by molar-refractivity contribution is 0.115. The van der Waals surface area contributed by atoms with E-state index in [9.17, 15) is 8.78 Å². The Kier molecular flexibility index (Phi) is 8.03. The van der Waals surface area contributed by atoms with Gasteiger partial charge in [-0.3, -0.25) is 0 Å². The van der Waals surface area contributed by atoms with Crippen molar-refractivity contribution in [1.82, 2.24) is 0 Å². The Balaban J connectivity index is 2.40. The first kappa shape index (κ1) is 23.1. The van der Waals surface area contributed by atoms with E-state index < -0.39 is 6.43 Å². The van der Waals surface area contributed by atoms with Crippen LogP contribution in [0.15, 0.2) is 43.0 Å². The minimum atomic E-state index is -2.19. The van der Waals surface area contributed by atoms with Crippen molar-refractivity contribution in [3.8, 4) is 11.8 Å². The van der Waals surface area contributed by atoms with Gasteiger partial charge in [0.2, 0.25) is 6.43 Å². The average Bonchev–Trinajstić information content (AvgIpc) is 2.66. The van der Waals surface area contributed by atoms with Crippen molar-refractivity contribution in [2.75, 3.05) is 0 Å². The first-order chi connectivity index (χ1) is 13.8. The van der Waals surface area contributed by atoms with E-state index in [2.05, 4.69) is 57.9 Å². The molecular formula is C27H34F2. The normalized spacial score (nSPS) is 22.5. The monoisotopic (exact) mass is 396 g/mol. The molecule has 0 amide bonds. The zero-order valence-electron chi connectivity index (χ0n) is 18.4. The standard InChI is InChI=1S/C27H34F2/c1-7-10-22-17-19(4)26(20(5)18-22)23(8-2)24(9-3)27(6)15-13-21(14-16-27)11-12-25(28)29/h8-9,17-18,21,25H,2-3,11-16H2,1,4-6H3/b24-23+. The lowest BCUT2D eigenvalue weighted by Crippen LogP contribution is -2.27. The van der Waals surface area contributed by atoms with Crippen LogP contribution in [0.3, 0.4) is 0 Å². The summed E-state index contributed by atoms with van der Waals surface area (Å²) in [6.45, 7) is 16.6. The molecule has 1 aliphatic rings. The molecule has 0 nitrogen and oxygen atoms in total. The predicted molar refractivity (Wildman–Crippen MR) is 121 cm³/mol. The highest BCUT2D eigenvalue weighted by Crippen LogP contribution is 2.48. The number of allylic oxidation sites excluding steroid dienone is 4. The topological polar surface area (TPSA) is 0 Å². The molecule has 156 valence electrons. The highest BCUT2D eigenvalue weighted by atomic mass is 19.3. The molecule has 2 heteroatoms. The average molecular weight is 397 g/mol. The zero-order chi connectivity index (χ0) is 21.6. The first-order valence-corrected chi connectivity index (χ1v) is 10.6. The molecule has 1 aromatic rings. The largest absolute Gasteiger partial charge is 0.238 e. The molecule has 0 aromatic heterocycles.